The van der Waals surface area contributed by atoms with Crippen molar-refractivity contribution in [1.29, 1.82) is 0 Å². The number of hydrogen-bond acceptors (Lipinski definition) is 9. The van der Waals surface area contributed by atoms with Crippen LogP contribution in [0.2, 0.25) is 0 Å². The van der Waals surface area contributed by atoms with Gasteiger partial charge >= 0.3 is 12.1 Å². The van der Waals surface area contributed by atoms with Crippen molar-refractivity contribution in [3.05, 3.63) is 46.7 Å². The van der Waals surface area contributed by atoms with E-state index in [1.807, 2.05) is 9.80 Å². The molecule has 45 heavy (non-hydrogen) atoms. The molecule has 2 N–H and O–H groups in total. The lowest BCUT2D eigenvalue weighted by atomic mass is 9.92. The number of methoxy groups -OCH3 is 1. The van der Waals surface area contributed by atoms with Gasteiger partial charge in [0.05, 0.1) is 36.7 Å². The van der Waals surface area contributed by atoms with E-state index in [4.69, 9.17) is 4.74 Å². The molecule has 2 aliphatic rings. The Morgan fingerprint density at radius 1 is 1.18 bits per heavy atom. The van der Waals surface area contributed by atoms with Crippen molar-refractivity contribution in [3.63, 3.8) is 0 Å². The number of carboxylic acids is 1. The van der Waals surface area contributed by atoms with Gasteiger partial charge in [0.1, 0.15) is 22.9 Å². The van der Waals surface area contributed by atoms with Gasteiger partial charge in [-0.15, -0.1) is 0 Å². The molecule has 1 atom stereocenters. The number of alkyl halides is 4. The third kappa shape index (κ3) is 7.52. The van der Waals surface area contributed by atoms with E-state index in [1.54, 1.807) is 6.92 Å². The van der Waals surface area contributed by atoms with Crippen LogP contribution < -0.4 is 15.0 Å². The van der Waals surface area contributed by atoms with Crippen LogP contribution >= 0.6 is 11.3 Å². The highest BCUT2D eigenvalue weighted by molar-refractivity contribution is 7.16. The van der Waals surface area contributed by atoms with Gasteiger partial charge in [-0.1, -0.05) is 18.3 Å². The van der Waals surface area contributed by atoms with E-state index in [0.29, 0.717) is 62.4 Å². The predicted molar refractivity (Wildman–Crippen MR) is 160 cm³/mol. The monoisotopic (exact) mass is 650 g/mol. The highest BCUT2D eigenvalue weighted by atomic mass is 32.1. The van der Waals surface area contributed by atoms with Gasteiger partial charge in [0.2, 0.25) is 0 Å². The number of benzene rings is 1. The fourth-order valence-electron chi connectivity index (χ4n) is 5.74. The number of halogens is 4. The zero-order valence-corrected chi connectivity index (χ0v) is 25.7. The normalized spacial score (nSPS) is 19.8. The molecule has 4 heterocycles. The van der Waals surface area contributed by atoms with E-state index >= 15 is 4.39 Å². The zero-order valence-electron chi connectivity index (χ0n) is 24.9. The van der Waals surface area contributed by atoms with Crippen molar-refractivity contribution >= 4 is 34.2 Å². The second-order valence-electron chi connectivity index (χ2n) is 11.3. The molecule has 0 spiro atoms. The van der Waals surface area contributed by atoms with E-state index < -0.39 is 35.2 Å². The first-order valence-corrected chi connectivity index (χ1v) is 15.5. The van der Waals surface area contributed by atoms with Gasteiger partial charge in [-0.25, -0.2) is 19.3 Å². The quantitative estimate of drug-likeness (QED) is 0.273. The molecular formula is C30H34F4N6O4S. The van der Waals surface area contributed by atoms with Gasteiger partial charge in [-0.2, -0.15) is 13.2 Å². The molecule has 5 rings (SSSR count). The van der Waals surface area contributed by atoms with Gasteiger partial charge in [0.25, 0.3) is 5.91 Å². The van der Waals surface area contributed by atoms with E-state index in [1.165, 1.54) is 24.5 Å². The first-order valence-electron chi connectivity index (χ1n) is 14.7. The summed E-state index contributed by atoms with van der Waals surface area (Å²) < 4.78 is 61.7. The SMILES string of the molecule is CCC1(F)CCCN(Cc2sc(NC(=O)c3cnc(N4CCC(C(=O)O)CC4)cn3)nc2-c2ccc(OC)c(C(F)(F)F)c2)C1. The van der Waals surface area contributed by atoms with Crippen LogP contribution in [0.5, 0.6) is 5.75 Å². The number of aliphatic carboxylic acids is 1. The summed E-state index contributed by atoms with van der Waals surface area (Å²) in [6.07, 6.45) is 0.491. The maximum Gasteiger partial charge on any atom is 0.419 e. The Balaban J connectivity index is 1.38. The number of thiazole rings is 1. The maximum atomic E-state index is 15.2. The van der Waals surface area contributed by atoms with Crippen LogP contribution in [-0.4, -0.2) is 75.8 Å². The zero-order chi connectivity index (χ0) is 32.4. The summed E-state index contributed by atoms with van der Waals surface area (Å²) in [7, 11) is 1.16. The molecule has 0 aliphatic carbocycles. The van der Waals surface area contributed by atoms with Gasteiger partial charge < -0.3 is 14.7 Å². The average Bonchev–Trinajstić information content (AvgIpc) is 3.42. The maximum absolute atomic E-state index is 15.2. The number of piperidine rings is 2. The Hall–Kier alpha value is -3.85. The molecule has 1 amide bonds. The van der Waals surface area contributed by atoms with E-state index in [2.05, 4.69) is 20.3 Å². The van der Waals surface area contributed by atoms with Crippen LogP contribution in [0.15, 0.2) is 30.6 Å². The summed E-state index contributed by atoms with van der Waals surface area (Å²) >= 11 is 1.11. The summed E-state index contributed by atoms with van der Waals surface area (Å²) in [5.74, 6) is -1.63. The summed E-state index contributed by atoms with van der Waals surface area (Å²) in [6, 6.07) is 3.67. The van der Waals surface area contributed by atoms with Gasteiger partial charge in [-0.3, -0.25) is 19.8 Å². The van der Waals surface area contributed by atoms with Gasteiger partial charge in [0, 0.05) is 36.6 Å². The van der Waals surface area contributed by atoms with Crippen LogP contribution in [-0.2, 0) is 17.5 Å². The molecule has 2 saturated heterocycles. The number of nitrogens with zero attached hydrogens (tertiary/aromatic N) is 5. The minimum Gasteiger partial charge on any atom is -0.496 e. The van der Waals surface area contributed by atoms with E-state index in [0.717, 1.165) is 24.5 Å². The van der Waals surface area contributed by atoms with Crippen LogP contribution in [0.3, 0.4) is 0 Å². The summed E-state index contributed by atoms with van der Waals surface area (Å²) in [5, 5.41) is 12.0. The minimum atomic E-state index is -4.67. The Labute approximate surface area is 261 Å². The predicted octanol–water partition coefficient (Wildman–Crippen LogP) is 5.89. The molecule has 0 saturated carbocycles. The number of aromatic nitrogens is 3. The number of carbonyl (C=O) groups excluding carboxylic acids is 1. The Morgan fingerprint density at radius 2 is 1.93 bits per heavy atom. The number of likely N-dealkylation sites (tertiary alicyclic amines) is 1. The number of hydrogen-bond donors (Lipinski definition) is 2. The molecule has 1 unspecified atom stereocenters. The van der Waals surface area contributed by atoms with Crippen molar-refractivity contribution in [2.75, 3.05) is 43.5 Å². The van der Waals surface area contributed by atoms with Gasteiger partial charge in [-0.05, 0) is 56.8 Å². The summed E-state index contributed by atoms with van der Waals surface area (Å²) in [5.41, 5.74) is -1.87. The third-order valence-electron chi connectivity index (χ3n) is 8.34. The highest BCUT2D eigenvalue weighted by Crippen LogP contribution is 2.41. The number of nitrogens with one attached hydrogen (secondary N) is 1. The Kier molecular flexibility index (Phi) is 9.58. The van der Waals surface area contributed by atoms with E-state index in [-0.39, 0.29) is 40.9 Å². The van der Waals surface area contributed by atoms with Crippen molar-refractivity contribution < 1.29 is 37.0 Å². The average molecular weight is 651 g/mol. The summed E-state index contributed by atoms with van der Waals surface area (Å²) in [4.78, 5) is 41.8. The number of amides is 1. The molecule has 0 bridgehead atoms. The lowest BCUT2D eigenvalue weighted by molar-refractivity contribution is -0.142. The second-order valence-corrected chi connectivity index (χ2v) is 12.4. The number of rotatable bonds is 9. The van der Waals surface area contributed by atoms with Crippen LogP contribution in [0.4, 0.5) is 28.5 Å². The van der Waals surface area contributed by atoms with Crippen LogP contribution in [0.25, 0.3) is 11.3 Å². The Bertz CT molecular complexity index is 1530. The number of anilines is 2. The fourth-order valence-corrected chi connectivity index (χ4v) is 6.76. The molecular weight excluding hydrogens is 616 g/mol. The van der Waals surface area contributed by atoms with Gasteiger partial charge in [0.15, 0.2) is 5.13 Å². The van der Waals surface area contributed by atoms with E-state index in [9.17, 15) is 27.9 Å². The number of carbonyl (C=O) groups is 2. The topological polar surface area (TPSA) is 121 Å². The molecule has 10 nitrogen and oxygen atoms in total. The minimum absolute atomic E-state index is 0.00228. The molecule has 1 aromatic carbocycles. The molecule has 2 aliphatic heterocycles. The van der Waals surface area contributed by atoms with Crippen LogP contribution in [0.1, 0.15) is 60.0 Å². The molecule has 242 valence electrons. The lowest BCUT2D eigenvalue weighted by Gasteiger charge is -2.36. The first-order chi connectivity index (χ1) is 21.4. The fraction of sp³-hybridized carbons (Fsp3) is 0.500. The molecule has 2 aromatic heterocycles. The second kappa shape index (κ2) is 13.3. The lowest BCUT2D eigenvalue weighted by Crippen LogP contribution is -2.44. The van der Waals surface area contributed by atoms with Crippen molar-refractivity contribution in [2.24, 2.45) is 5.92 Å². The van der Waals surface area contributed by atoms with Crippen molar-refractivity contribution in [3.8, 4) is 17.0 Å². The smallest absolute Gasteiger partial charge is 0.419 e. The number of ether oxygens (including phenoxy) is 1. The molecule has 15 heteroatoms. The molecule has 0 radical (unpaired) electrons. The largest absolute Gasteiger partial charge is 0.496 e. The van der Waals surface area contributed by atoms with Crippen molar-refractivity contribution in [2.45, 2.75) is 57.4 Å². The third-order valence-corrected chi connectivity index (χ3v) is 9.30. The highest BCUT2D eigenvalue weighted by Gasteiger charge is 2.36. The number of carboxylic acid groups (broad SMARTS) is 1. The molecule has 2 fully saturated rings. The standard InChI is InChI=1S/C30H34F4N6O4S/c1-3-29(31)9-4-10-39(17-29)16-23-25(19-5-6-22(44-2)20(13-19)30(32,33)34)37-28(45-23)38-26(41)21-14-36-24(15-35-21)40-11-7-18(8-12-40)27(42)43/h5-6,13-15,18H,3-4,7-12,16-17H2,1-2H3,(H,42,43)(H,37,38,41). The first kappa shape index (κ1) is 32.5. The van der Waals surface area contributed by atoms with Crippen LogP contribution in [0, 0.1) is 5.92 Å². The van der Waals surface area contributed by atoms with Crippen molar-refractivity contribution in [1.82, 2.24) is 19.9 Å². The Morgan fingerprint density at radius 3 is 2.56 bits per heavy atom. The molecule has 3 aromatic rings. The summed E-state index contributed by atoms with van der Waals surface area (Å²) in [6.45, 7) is 3.85.